The van der Waals surface area contributed by atoms with E-state index in [4.69, 9.17) is 0 Å². The Bertz CT molecular complexity index is 4320. The third-order valence-corrected chi connectivity index (χ3v) is 45.1. The maximum Gasteiger partial charge on any atom is 0.179 e. The van der Waals surface area contributed by atoms with Crippen molar-refractivity contribution in [3.05, 3.63) is 461 Å². The van der Waals surface area contributed by atoms with Crippen LogP contribution in [0.15, 0.2) is 461 Å². The highest BCUT2D eigenvalue weighted by molar-refractivity contribution is 7.26. The molecule has 0 N–H and O–H groups in total. The van der Waals surface area contributed by atoms with Crippen LogP contribution in [-0.4, -0.2) is 40.4 Å². The molecule has 0 aliphatic rings. The molecule has 0 saturated carbocycles. The fraction of sp³-hybridized carbons (Fsp3) is 0.0103. The molecule has 0 nitrogen and oxygen atoms in total. The van der Waals surface area contributed by atoms with Gasteiger partial charge in [-0.2, -0.15) is 0 Å². The predicted octanol–water partition coefficient (Wildman–Crippen LogP) is 9.21. The zero-order valence-electron chi connectivity index (χ0n) is 56.4. The molecule has 16 rings (SSSR count). The molecule has 16 aromatic carbocycles. The Labute approximate surface area is 608 Å². The topological polar surface area (TPSA) is 0 Å². The summed E-state index contributed by atoms with van der Waals surface area (Å²) < 4.78 is 0. The van der Waals surface area contributed by atoms with E-state index in [1.807, 2.05) is 0 Å². The second kappa shape index (κ2) is 29.4. The maximum absolute atomic E-state index is 3.86. The summed E-state index contributed by atoms with van der Waals surface area (Å²) in [5.74, 6) is 0. The van der Waals surface area contributed by atoms with E-state index in [9.17, 15) is 0 Å². The molecular weight excluding hydrogens is 1310 g/mol. The van der Waals surface area contributed by atoms with Crippen LogP contribution in [0.5, 0.6) is 0 Å². The Morgan fingerprint density at radius 2 is 0.157 bits per heavy atom. The second-order valence-corrected chi connectivity index (χ2v) is 45.5. The normalized spacial score (nSPS) is 11.8. The molecule has 0 unspecified atom stereocenters. The smallest absolute Gasteiger partial charge is 0.0776 e. The van der Waals surface area contributed by atoms with Crippen molar-refractivity contribution in [1.82, 2.24) is 0 Å². The summed E-state index contributed by atoms with van der Waals surface area (Å²) in [6.45, 7) is 0. The van der Waals surface area contributed by atoms with Gasteiger partial charge in [-0.15, -0.1) is 0 Å². The monoisotopic (exact) mass is 1380 g/mol. The molecule has 0 fully saturated rings. The molecule has 488 valence electrons. The lowest BCUT2D eigenvalue weighted by atomic mass is 10.3. The maximum atomic E-state index is 2.79. The van der Waals surface area contributed by atoms with Gasteiger partial charge in [-0.25, -0.2) is 0 Å². The van der Waals surface area contributed by atoms with Gasteiger partial charge < -0.3 is 0 Å². The highest BCUT2D eigenvalue weighted by atomic mass is 28.3. The second-order valence-electron chi connectivity index (χ2n) is 26.5. The Kier molecular flexibility index (Phi) is 19.2. The minimum Gasteiger partial charge on any atom is -0.0776 e. The minimum atomic E-state index is -3.86. The highest BCUT2D eigenvalue weighted by Gasteiger charge is 2.52. The van der Waals surface area contributed by atoms with Crippen molar-refractivity contribution in [3.63, 3.8) is 0 Å². The van der Waals surface area contributed by atoms with Crippen LogP contribution in [-0.2, 0) is 0 Å². The van der Waals surface area contributed by atoms with Crippen LogP contribution in [0.1, 0.15) is 7.43 Å². The molecule has 0 aliphatic carbocycles. The standard InChI is InChI=1S/C96H76Si5.CH4/c1-15-43-77(44-16-1)97(78-45-17-2-18-46-78,79-47-19-3-20-48-79)91-71-92(98(80-49-21-4-22-50-80,81-51-23-5-24-52-81)82-53-25-6-26-54-82)74-95(73-91)101(89-67-39-13-40-68-89,90-69-41-14-42-70-90)96-75-93(99(83-55-27-7-28-56-83,84-57-29-8-30-58-84)85-59-31-9-32-60-85)72-94(76-96)100(86-61-33-10-34-62-86,87-63-35-11-36-64-87)88-65-37-12-38-66-88;/h1-76H;1H4. The lowest BCUT2D eigenvalue weighted by Gasteiger charge is -2.43. The zero-order valence-corrected chi connectivity index (χ0v) is 61.4. The molecule has 5 heteroatoms. The van der Waals surface area contributed by atoms with Gasteiger partial charge in [-0.3, -0.25) is 0 Å². The van der Waals surface area contributed by atoms with Crippen LogP contribution in [0, 0.1) is 0 Å². The van der Waals surface area contributed by atoms with E-state index in [1.165, 1.54) is 104 Å². The van der Waals surface area contributed by atoms with E-state index in [0.717, 1.165) is 0 Å². The first kappa shape index (κ1) is 66.5. The molecule has 0 heterocycles. The Hall–Kier alpha value is -11.4. The minimum absolute atomic E-state index is 0. The first-order valence-electron chi connectivity index (χ1n) is 35.2. The van der Waals surface area contributed by atoms with Crippen molar-refractivity contribution in [1.29, 1.82) is 0 Å². The van der Waals surface area contributed by atoms with Gasteiger partial charge in [-0.1, -0.05) is 468 Å². The number of hydrogen-bond acceptors (Lipinski definition) is 0. The molecular formula is C97H80Si5. The molecule has 0 amide bonds. The average Bonchev–Trinajstić information content (AvgIpc) is 0.697. The molecule has 0 aromatic heterocycles. The molecule has 0 atom stereocenters. The summed E-state index contributed by atoms with van der Waals surface area (Å²) in [6, 6.07) is 180. The molecule has 0 spiro atoms. The molecule has 0 radical (unpaired) electrons. The third kappa shape index (κ3) is 11.4. The number of rotatable bonds is 20. The largest absolute Gasteiger partial charge is 0.179 e. The van der Waals surface area contributed by atoms with E-state index in [2.05, 4.69) is 461 Å². The van der Waals surface area contributed by atoms with Gasteiger partial charge in [0.1, 0.15) is 0 Å². The van der Waals surface area contributed by atoms with E-state index < -0.39 is 40.4 Å². The third-order valence-electron chi connectivity index (χ3n) is 21.4. The van der Waals surface area contributed by atoms with Crippen LogP contribution in [0.25, 0.3) is 0 Å². The molecule has 0 bridgehead atoms. The van der Waals surface area contributed by atoms with Crippen LogP contribution in [0.2, 0.25) is 0 Å². The van der Waals surface area contributed by atoms with E-state index in [1.54, 1.807) is 0 Å². The van der Waals surface area contributed by atoms with Crippen molar-refractivity contribution in [2.24, 2.45) is 0 Å². The summed E-state index contributed by atoms with van der Waals surface area (Å²) in [4.78, 5) is 0. The Morgan fingerprint density at radius 3 is 0.235 bits per heavy atom. The van der Waals surface area contributed by atoms with Gasteiger partial charge >= 0.3 is 0 Å². The first-order chi connectivity index (χ1) is 50.1. The average molecular weight is 1390 g/mol. The Morgan fingerprint density at radius 1 is 0.0882 bits per heavy atom. The van der Waals surface area contributed by atoms with E-state index >= 15 is 0 Å². The zero-order chi connectivity index (χ0) is 67.8. The molecule has 0 saturated heterocycles. The quantitative estimate of drug-likeness (QED) is 0.0528. The fourth-order valence-electron chi connectivity index (χ4n) is 17.2. The van der Waals surface area contributed by atoms with Gasteiger partial charge in [0.05, 0.1) is 0 Å². The lowest BCUT2D eigenvalue weighted by Crippen LogP contribution is -2.82. The number of hydrogen-bond donors (Lipinski definition) is 0. The van der Waals surface area contributed by atoms with Crippen LogP contribution >= 0.6 is 0 Å². The highest BCUT2D eigenvalue weighted by Crippen LogP contribution is 2.20. The summed E-state index contributed by atoms with van der Waals surface area (Å²) in [5.41, 5.74) is 0. The summed E-state index contributed by atoms with van der Waals surface area (Å²) in [7, 11) is -17.5. The summed E-state index contributed by atoms with van der Waals surface area (Å²) >= 11 is 0. The van der Waals surface area contributed by atoms with Crippen molar-refractivity contribution >= 4 is 144 Å². The van der Waals surface area contributed by atoms with Crippen molar-refractivity contribution in [3.8, 4) is 0 Å². The van der Waals surface area contributed by atoms with E-state index in [0.29, 0.717) is 0 Å². The SMILES string of the molecule is C.c1ccc([Si](c2ccccc2)(c2ccccc2)c2cc([Si](c3ccccc3)(c3ccccc3)c3ccccc3)cc([Si](c3ccccc3)(c3ccccc3)c3cc([Si](c4ccccc4)(c4ccccc4)c4ccccc4)cc([Si](c4ccccc4)(c4ccccc4)c4ccccc4)c3)c2)cc1. The van der Waals surface area contributed by atoms with Gasteiger partial charge in [0.25, 0.3) is 0 Å². The molecule has 102 heavy (non-hydrogen) atoms. The van der Waals surface area contributed by atoms with E-state index in [-0.39, 0.29) is 7.43 Å². The van der Waals surface area contributed by atoms with Crippen molar-refractivity contribution in [2.75, 3.05) is 0 Å². The van der Waals surface area contributed by atoms with Crippen LogP contribution < -0.4 is 104 Å². The van der Waals surface area contributed by atoms with Gasteiger partial charge in [0.2, 0.25) is 0 Å². The van der Waals surface area contributed by atoms with Gasteiger partial charge in [-0.05, 0) is 104 Å². The van der Waals surface area contributed by atoms with Crippen LogP contribution in [0.4, 0.5) is 0 Å². The Balaban J connectivity index is 0.00000841. The fourth-order valence-corrected chi connectivity index (χ4v) is 42.2. The predicted molar refractivity (Wildman–Crippen MR) is 451 cm³/mol. The van der Waals surface area contributed by atoms with Gasteiger partial charge in [0, 0.05) is 0 Å². The molecule has 16 aromatic rings. The number of benzene rings is 16. The lowest BCUT2D eigenvalue weighted by molar-refractivity contribution is 1.64. The van der Waals surface area contributed by atoms with Crippen molar-refractivity contribution < 1.29 is 0 Å². The first-order valence-corrected chi connectivity index (χ1v) is 45.2. The van der Waals surface area contributed by atoms with Crippen molar-refractivity contribution in [2.45, 2.75) is 7.43 Å². The summed E-state index contributed by atoms with van der Waals surface area (Å²) in [5, 5.41) is 26.6. The van der Waals surface area contributed by atoms with Gasteiger partial charge in [0.15, 0.2) is 40.4 Å². The van der Waals surface area contributed by atoms with Crippen LogP contribution in [0.3, 0.4) is 0 Å². The summed E-state index contributed by atoms with van der Waals surface area (Å²) in [6.07, 6.45) is 0. The molecule has 0 aliphatic heterocycles.